The van der Waals surface area contributed by atoms with Crippen molar-refractivity contribution in [1.29, 1.82) is 0 Å². The third-order valence-corrected chi connectivity index (χ3v) is 4.13. The highest BCUT2D eigenvalue weighted by Gasteiger charge is 2.20. The second-order valence-electron chi connectivity index (χ2n) is 5.71. The van der Waals surface area contributed by atoms with Crippen LogP contribution in [0.2, 0.25) is 0 Å². The van der Waals surface area contributed by atoms with Crippen molar-refractivity contribution in [3.63, 3.8) is 0 Å². The smallest absolute Gasteiger partial charge is 0.269 e. The van der Waals surface area contributed by atoms with E-state index in [1.54, 1.807) is 16.9 Å². The van der Waals surface area contributed by atoms with Gasteiger partial charge in [-0.25, -0.2) is 9.97 Å². The van der Waals surface area contributed by atoms with Crippen molar-refractivity contribution >= 4 is 5.91 Å². The first-order valence-electron chi connectivity index (χ1n) is 8.03. The van der Waals surface area contributed by atoms with Gasteiger partial charge in [-0.15, -0.1) is 0 Å². The van der Waals surface area contributed by atoms with Gasteiger partial charge in [0.25, 0.3) is 5.91 Å². The molecule has 120 valence electrons. The van der Waals surface area contributed by atoms with Crippen LogP contribution >= 0.6 is 0 Å². The minimum absolute atomic E-state index is 0.0927. The zero-order valence-corrected chi connectivity index (χ0v) is 13.4. The lowest BCUT2D eigenvalue weighted by atomic mass is 10.1. The molecule has 6 heteroatoms. The molecule has 0 unspecified atom stereocenters. The Labute approximate surface area is 139 Å². The van der Waals surface area contributed by atoms with E-state index in [1.165, 1.54) is 5.56 Å². The molecule has 24 heavy (non-hydrogen) atoms. The molecule has 0 radical (unpaired) electrons. The summed E-state index contributed by atoms with van der Waals surface area (Å²) in [5.74, 6) is 0.572. The molecule has 4 rings (SSSR count). The van der Waals surface area contributed by atoms with Gasteiger partial charge in [0.05, 0.1) is 12.2 Å². The highest BCUT2D eigenvalue weighted by atomic mass is 16.2. The van der Waals surface area contributed by atoms with E-state index in [9.17, 15) is 4.79 Å². The zero-order valence-electron chi connectivity index (χ0n) is 13.4. The Bertz CT molecular complexity index is 915. The van der Waals surface area contributed by atoms with Gasteiger partial charge in [0.1, 0.15) is 11.4 Å². The molecule has 2 aromatic heterocycles. The molecule has 6 nitrogen and oxygen atoms in total. The third kappa shape index (κ3) is 2.56. The predicted molar refractivity (Wildman–Crippen MR) is 90.4 cm³/mol. The van der Waals surface area contributed by atoms with Gasteiger partial charge in [-0.2, -0.15) is 5.10 Å². The monoisotopic (exact) mass is 319 g/mol. The fourth-order valence-electron chi connectivity index (χ4n) is 2.83. The summed E-state index contributed by atoms with van der Waals surface area (Å²) in [7, 11) is 0. The summed E-state index contributed by atoms with van der Waals surface area (Å²) in [6.07, 6.45) is 2.70. The molecule has 0 saturated heterocycles. The highest BCUT2D eigenvalue weighted by molar-refractivity contribution is 5.94. The SMILES string of the molecule is CCc1cccc(-c2nccc(-c3cc4n(n3)CCNC4=O)n2)c1. The number of aromatic nitrogens is 4. The molecule has 1 amide bonds. The van der Waals surface area contributed by atoms with Crippen LogP contribution in [0.15, 0.2) is 42.6 Å². The van der Waals surface area contributed by atoms with Crippen molar-refractivity contribution in [3.05, 3.63) is 53.9 Å². The summed E-state index contributed by atoms with van der Waals surface area (Å²) < 4.78 is 1.73. The molecule has 1 aromatic carbocycles. The van der Waals surface area contributed by atoms with Gasteiger partial charge in [0.2, 0.25) is 0 Å². The first-order valence-corrected chi connectivity index (χ1v) is 8.03. The van der Waals surface area contributed by atoms with Crippen LogP contribution in [0.4, 0.5) is 0 Å². The van der Waals surface area contributed by atoms with E-state index in [0.717, 1.165) is 17.7 Å². The van der Waals surface area contributed by atoms with Crippen molar-refractivity contribution in [1.82, 2.24) is 25.1 Å². The first kappa shape index (κ1) is 14.6. The van der Waals surface area contributed by atoms with Gasteiger partial charge < -0.3 is 5.32 Å². The normalized spacial score (nSPS) is 13.5. The van der Waals surface area contributed by atoms with Crippen LogP contribution in [0.1, 0.15) is 23.0 Å². The van der Waals surface area contributed by atoms with Crippen molar-refractivity contribution < 1.29 is 4.79 Å². The third-order valence-electron chi connectivity index (χ3n) is 4.13. The summed E-state index contributed by atoms with van der Waals surface area (Å²) >= 11 is 0. The van der Waals surface area contributed by atoms with Crippen molar-refractivity contribution in [2.24, 2.45) is 0 Å². The Morgan fingerprint density at radius 2 is 2.12 bits per heavy atom. The van der Waals surface area contributed by atoms with Gasteiger partial charge in [0, 0.05) is 18.3 Å². The van der Waals surface area contributed by atoms with Crippen LogP contribution < -0.4 is 5.32 Å². The fourth-order valence-corrected chi connectivity index (χ4v) is 2.83. The lowest BCUT2D eigenvalue weighted by Crippen LogP contribution is -2.35. The minimum atomic E-state index is -0.0927. The Balaban J connectivity index is 1.74. The number of amides is 1. The molecular weight excluding hydrogens is 302 g/mol. The van der Waals surface area contributed by atoms with E-state index >= 15 is 0 Å². The number of nitrogens with one attached hydrogen (secondary N) is 1. The number of aryl methyl sites for hydroxylation is 1. The molecule has 0 fully saturated rings. The molecule has 1 N–H and O–H groups in total. The number of hydrogen-bond donors (Lipinski definition) is 1. The predicted octanol–water partition coefficient (Wildman–Crippen LogP) is 2.31. The second-order valence-corrected chi connectivity index (χ2v) is 5.71. The maximum atomic E-state index is 11.9. The van der Waals surface area contributed by atoms with E-state index in [0.29, 0.717) is 30.3 Å². The number of fused-ring (bicyclic) bond motifs is 1. The number of benzene rings is 1. The van der Waals surface area contributed by atoms with Gasteiger partial charge in [-0.1, -0.05) is 25.1 Å². The molecule has 1 aliphatic rings. The lowest BCUT2D eigenvalue weighted by Gasteiger charge is -2.13. The maximum absolute atomic E-state index is 11.9. The van der Waals surface area contributed by atoms with Gasteiger partial charge in [-0.3, -0.25) is 9.48 Å². The summed E-state index contributed by atoms with van der Waals surface area (Å²) in [6.45, 7) is 3.40. The summed E-state index contributed by atoms with van der Waals surface area (Å²) in [5.41, 5.74) is 4.21. The molecule has 0 atom stereocenters. The van der Waals surface area contributed by atoms with E-state index in [-0.39, 0.29) is 5.91 Å². The Hall–Kier alpha value is -3.02. The lowest BCUT2D eigenvalue weighted by molar-refractivity contribution is 0.0924. The summed E-state index contributed by atoms with van der Waals surface area (Å²) in [5, 5.41) is 7.33. The van der Waals surface area contributed by atoms with Crippen LogP contribution in [-0.2, 0) is 13.0 Å². The van der Waals surface area contributed by atoms with Crippen LogP contribution in [0.3, 0.4) is 0 Å². The van der Waals surface area contributed by atoms with Crippen molar-refractivity contribution in [3.8, 4) is 22.8 Å². The van der Waals surface area contributed by atoms with Gasteiger partial charge in [-0.05, 0) is 30.2 Å². The maximum Gasteiger partial charge on any atom is 0.269 e. The van der Waals surface area contributed by atoms with Gasteiger partial charge >= 0.3 is 0 Å². The minimum Gasteiger partial charge on any atom is -0.349 e. The second kappa shape index (κ2) is 5.88. The van der Waals surface area contributed by atoms with E-state index < -0.39 is 0 Å². The van der Waals surface area contributed by atoms with Crippen molar-refractivity contribution in [2.75, 3.05) is 6.54 Å². The highest BCUT2D eigenvalue weighted by Crippen LogP contribution is 2.22. The van der Waals surface area contributed by atoms with Crippen LogP contribution in [0.25, 0.3) is 22.8 Å². The number of carbonyl (C=O) groups is 1. The topological polar surface area (TPSA) is 72.7 Å². The Morgan fingerprint density at radius 3 is 2.96 bits per heavy atom. The fraction of sp³-hybridized carbons (Fsp3) is 0.222. The van der Waals surface area contributed by atoms with Gasteiger partial charge in [0.15, 0.2) is 5.82 Å². The number of rotatable bonds is 3. The zero-order chi connectivity index (χ0) is 16.5. The summed E-state index contributed by atoms with van der Waals surface area (Å²) in [4.78, 5) is 20.9. The molecule has 3 heterocycles. The van der Waals surface area contributed by atoms with Crippen LogP contribution in [0.5, 0.6) is 0 Å². The van der Waals surface area contributed by atoms with Crippen LogP contribution in [0, 0.1) is 0 Å². The van der Waals surface area contributed by atoms with E-state index in [4.69, 9.17) is 0 Å². The molecule has 3 aromatic rings. The number of carbonyl (C=O) groups excluding carboxylic acids is 1. The standard InChI is InChI=1S/C18H17N5O/c1-2-12-4-3-5-13(10-12)17-19-7-6-14(21-17)15-11-16-18(24)20-8-9-23(16)22-15/h3-7,10-11H,2,8-9H2,1H3,(H,20,24). The molecule has 0 bridgehead atoms. The Kier molecular flexibility index (Phi) is 3.57. The Morgan fingerprint density at radius 1 is 1.21 bits per heavy atom. The summed E-state index contributed by atoms with van der Waals surface area (Å²) in [6, 6.07) is 11.8. The molecule has 1 aliphatic heterocycles. The average molecular weight is 319 g/mol. The van der Waals surface area contributed by atoms with E-state index in [1.807, 2.05) is 18.2 Å². The number of hydrogen-bond acceptors (Lipinski definition) is 4. The van der Waals surface area contributed by atoms with Crippen molar-refractivity contribution in [2.45, 2.75) is 19.9 Å². The molecular formula is C18H17N5O. The van der Waals surface area contributed by atoms with Crippen LogP contribution in [-0.4, -0.2) is 32.2 Å². The molecule has 0 aliphatic carbocycles. The number of nitrogens with zero attached hydrogens (tertiary/aromatic N) is 4. The largest absolute Gasteiger partial charge is 0.349 e. The first-order chi connectivity index (χ1) is 11.7. The molecule has 0 spiro atoms. The average Bonchev–Trinajstić information content (AvgIpc) is 3.08. The molecule has 0 saturated carbocycles. The quantitative estimate of drug-likeness (QED) is 0.804. The van der Waals surface area contributed by atoms with E-state index in [2.05, 4.69) is 39.4 Å².